The van der Waals surface area contributed by atoms with Gasteiger partial charge in [0.05, 0.1) is 8.66 Å². The highest BCUT2D eigenvalue weighted by atomic mass is 79.9. The summed E-state index contributed by atoms with van der Waals surface area (Å²) in [5, 5.41) is 17.2. The van der Waals surface area contributed by atoms with Crippen molar-refractivity contribution < 1.29 is 9.90 Å². The van der Waals surface area contributed by atoms with Crippen molar-refractivity contribution in [2.45, 2.75) is 13.0 Å². The number of carboxylic acids is 1. The highest BCUT2D eigenvalue weighted by molar-refractivity contribution is 9.11. The predicted molar refractivity (Wildman–Crippen MR) is 78.5 cm³/mol. The lowest BCUT2D eigenvalue weighted by atomic mass is 10.3. The van der Waals surface area contributed by atoms with Crippen molar-refractivity contribution in [3.05, 3.63) is 28.1 Å². The van der Waals surface area contributed by atoms with Gasteiger partial charge in [-0.3, -0.25) is 0 Å². The Balaban J connectivity index is 2.21. The lowest BCUT2D eigenvalue weighted by Crippen LogP contribution is -2.36. The van der Waals surface area contributed by atoms with Crippen LogP contribution in [0.25, 0.3) is 10.6 Å². The van der Waals surface area contributed by atoms with Gasteiger partial charge in [-0.2, -0.15) is 0 Å². The minimum atomic E-state index is -0.893. The zero-order valence-corrected chi connectivity index (χ0v) is 12.8. The molecule has 2 aromatic heterocycles. The lowest BCUT2D eigenvalue weighted by molar-refractivity contribution is -0.138. The largest absolute Gasteiger partial charge is 0.480 e. The molecule has 2 rings (SSSR count). The van der Waals surface area contributed by atoms with E-state index in [1.807, 2.05) is 18.2 Å². The van der Waals surface area contributed by atoms with Gasteiger partial charge in [0.15, 0.2) is 5.82 Å². The number of nitrogens with zero attached hydrogens (tertiary/aromatic N) is 3. The fourth-order valence-corrected chi connectivity index (χ4v) is 2.81. The molecule has 1 N–H and O–H groups in total. The fraction of sp³-hybridized carbons (Fsp3) is 0.250. The van der Waals surface area contributed by atoms with Gasteiger partial charge >= 0.3 is 5.97 Å². The zero-order valence-electron chi connectivity index (χ0n) is 10.4. The van der Waals surface area contributed by atoms with Crippen molar-refractivity contribution in [2.75, 3.05) is 11.9 Å². The van der Waals surface area contributed by atoms with Gasteiger partial charge in [-0.05, 0) is 47.1 Å². The van der Waals surface area contributed by atoms with Crippen molar-refractivity contribution in [3.8, 4) is 10.6 Å². The molecular formula is C12H12BrN3O2S. The first kappa shape index (κ1) is 14.0. The summed E-state index contributed by atoms with van der Waals surface area (Å²) in [5.74, 6) is -0.357. The molecule has 2 heterocycles. The third-order valence-corrected chi connectivity index (χ3v) is 4.42. The molecule has 0 aliphatic rings. The zero-order chi connectivity index (χ0) is 14.0. The topological polar surface area (TPSA) is 66.3 Å². The van der Waals surface area contributed by atoms with Crippen LogP contribution in [0.3, 0.4) is 0 Å². The first-order chi connectivity index (χ1) is 8.99. The van der Waals surface area contributed by atoms with E-state index in [-0.39, 0.29) is 0 Å². The summed E-state index contributed by atoms with van der Waals surface area (Å²) in [6.07, 6.45) is 0. The second kappa shape index (κ2) is 5.66. The average Bonchev–Trinajstić information content (AvgIpc) is 2.84. The van der Waals surface area contributed by atoms with Gasteiger partial charge in [0.2, 0.25) is 0 Å². The van der Waals surface area contributed by atoms with Gasteiger partial charge in [-0.15, -0.1) is 21.5 Å². The van der Waals surface area contributed by atoms with Crippen LogP contribution in [0.15, 0.2) is 28.1 Å². The van der Waals surface area contributed by atoms with Crippen LogP contribution in [0.2, 0.25) is 0 Å². The number of carbonyl (C=O) groups is 1. The minimum absolute atomic E-state index is 0.536. The number of hydrogen-bond acceptors (Lipinski definition) is 5. The first-order valence-electron chi connectivity index (χ1n) is 5.54. The Morgan fingerprint density at radius 2 is 2.11 bits per heavy atom. The predicted octanol–water partition coefficient (Wildman–Crippen LogP) is 2.88. The monoisotopic (exact) mass is 341 g/mol. The molecule has 0 aromatic carbocycles. The summed E-state index contributed by atoms with van der Waals surface area (Å²) in [5.41, 5.74) is 0.774. The van der Waals surface area contributed by atoms with Crippen molar-refractivity contribution in [1.29, 1.82) is 0 Å². The van der Waals surface area contributed by atoms with E-state index in [0.29, 0.717) is 5.82 Å². The molecule has 0 saturated heterocycles. The molecule has 0 radical (unpaired) electrons. The van der Waals surface area contributed by atoms with Crippen molar-refractivity contribution in [3.63, 3.8) is 0 Å². The van der Waals surface area contributed by atoms with Gasteiger partial charge in [0.25, 0.3) is 0 Å². The Kier molecular flexibility index (Phi) is 4.16. The van der Waals surface area contributed by atoms with Gasteiger partial charge in [0.1, 0.15) is 11.7 Å². The molecule has 2 aromatic rings. The standard InChI is InChI=1S/C12H12BrN3O2S/c1-7(12(17)18)16(2)11-6-3-8(14-15-11)9-4-5-10(13)19-9/h3-7H,1-2H3,(H,17,18). The number of carboxylic acid groups (broad SMARTS) is 1. The maximum Gasteiger partial charge on any atom is 0.326 e. The van der Waals surface area contributed by atoms with Crippen LogP contribution in [0.4, 0.5) is 5.82 Å². The molecule has 0 bridgehead atoms. The second-order valence-electron chi connectivity index (χ2n) is 4.01. The molecule has 0 aliphatic heterocycles. The molecule has 0 saturated carbocycles. The van der Waals surface area contributed by atoms with Crippen molar-refractivity contribution in [1.82, 2.24) is 10.2 Å². The van der Waals surface area contributed by atoms with E-state index < -0.39 is 12.0 Å². The van der Waals surface area contributed by atoms with Gasteiger partial charge < -0.3 is 10.0 Å². The van der Waals surface area contributed by atoms with Gasteiger partial charge in [-0.25, -0.2) is 4.79 Å². The van der Waals surface area contributed by atoms with Crippen LogP contribution in [0.1, 0.15) is 6.92 Å². The summed E-state index contributed by atoms with van der Waals surface area (Å²) in [6.45, 7) is 1.61. The average molecular weight is 342 g/mol. The molecule has 1 unspecified atom stereocenters. The van der Waals surface area contributed by atoms with E-state index >= 15 is 0 Å². The lowest BCUT2D eigenvalue weighted by Gasteiger charge is -2.21. The number of thiophene rings is 1. The Morgan fingerprint density at radius 1 is 1.37 bits per heavy atom. The molecule has 100 valence electrons. The Labute approximate surface area is 123 Å². The Bertz CT molecular complexity index is 585. The van der Waals surface area contributed by atoms with E-state index in [1.54, 1.807) is 36.3 Å². The molecular weight excluding hydrogens is 330 g/mol. The van der Waals surface area contributed by atoms with E-state index in [2.05, 4.69) is 26.1 Å². The first-order valence-corrected chi connectivity index (χ1v) is 7.15. The number of halogens is 1. The quantitative estimate of drug-likeness (QED) is 0.926. The normalized spacial score (nSPS) is 12.2. The van der Waals surface area contributed by atoms with Crippen LogP contribution in [0.5, 0.6) is 0 Å². The summed E-state index contributed by atoms with van der Waals surface area (Å²) in [6, 6.07) is 6.88. The number of anilines is 1. The molecule has 5 nitrogen and oxygen atoms in total. The fourth-order valence-electron chi connectivity index (χ4n) is 1.46. The number of hydrogen-bond donors (Lipinski definition) is 1. The van der Waals surface area contributed by atoms with E-state index in [9.17, 15) is 4.79 Å². The molecule has 7 heteroatoms. The molecule has 0 aliphatic carbocycles. The number of aliphatic carboxylic acids is 1. The molecule has 0 amide bonds. The van der Waals surface area contributed by atoms with E-state index in [1.165, 1.54) is 0 Å². The second-order valence-corrected chi connectivity index (χ2v) is 6.47. The Hall–Kier alpha value is -1.47. The van der Waals surface area contributed by atoms with Gasteiger partial charge in [-0.1, -0.05) is 0 Å². The summed E-state index contributed by atoms with van der Waals surface area (Å²) < 4.78 is 1.03. The summed E-state index contributed by atoms with van der Waals surface area (Å²) in [4.78, 5) is 13.5. The summed E-state index contributed by atoms with van der Waals surface area (Å²) in [7, 11) is 1.68. The van der Waals surface area contributed by atoms with Crippen molar-refractivity contribution in [2.24, 2.45) is 0 Å². The maximum absolute atomic E-state index is 10.9. The molecule has 0 spiro atoms. The number of likely N-dealkylation sites (N-methyl/N-ethyl adjacent to an activating group) is 1. The SMILES string of the molecule is CC(C(=O)O)N(C)c1ccc(-c2ccc(Br)s2)nn1. The molecule has 19 heavy (non-hydrogen) atoms. The Morgan fingerprint density at radius 3 is 2.58 bits per heavy atom. The highest BCUT2D eigenvalue weighted by Crippen LogP contribution is 2.30. The highest BCUT2D eigenvalue weighted by Gasteiger charge is 2.18. The third kappa shape index (κ3) is 3.10. The smallest absolute Gasteiger partial charge is 0.326 e. The van der Waals surface area contributed by atoms with Crippen LogP contribution in [-0.4, -0.2) is 34.4 Å². The third-order valence-electron chi connectivity index (χ3n) is 2.78. The van der Waals surface area contributed by atoms with Crippen LogP contribution in [-0.2, 0) is 4.79 Å². The summed E-state index contributed by atoms with van der Waals surface area (Å²) >= 11 is 4.97. The van der Waals surface area contributed by atoms with Crippen LogP contribution in [0, 0.1) is 0 Å². The van der Waals surface area contributed by atoms with E-state index in [0.717, 1.165) is 14.4 Å². The molecule has 1 atom stereocenters. The van der Waals surface area contributed by atoms with E-state index in [4.69, 9.17) is 5.11 Å². The van der Waals surface area contributed by atoms with Crippen LogP contribution >= 0.6 is 27.3 Å². The number of rotatable bonds is 4. The minimum Gasteiger partial charge on any atom is -0.480 e. The van der Waals surface area contributed by atoms with Crippen molar-refractivity contribution >= 4 is 39.1 Å². The van der Waals surface area contributed by atoms with Gasteiger partial charge in [0, 0.05) is 7.05 Å². The number of aromatic nitrogens is 2. The molecule has 0 fully saturated rings. The van der Waals surface area contributed by atoms with Crippen LogP contribution < -0.4 is 4.90 Å². The maximum atomic E-state index is 10.9.